The molecule has 0 aliphatic carbocycles. The minimum atomic E-state index is -3.53. The third-order valence-electron chi connectivity index (χ3n) is 2.80. The Kier molecular flexibility index (Phi) is 3.89. The number of carbonyl (C=O) groups is 1. The lowest BCUT2D eigenvalue weighted by Gasteiger charge is -2.05. The molecule has 1 aromatic heterocycles. The first kappa shape index (κ1) is 14.3. The highest BCUT2D eigenvalue weighted by Gasteiger charge is 2.16. The van der Waals surface area contributed by atoms with E-state index in [4.69, 9.17) is 5.11 Å². The average Bonchev–Trinajstić information content (AvgIpc) is 2.82. The molecule has 0 unspecified atom stereocenters. The molecule has 6 nitrogen and oxygen atoms in total. The molecule has 1 aromatic carbocycles. The summed E-state index contributed by atoms with van der Waals surface area (Å²) in [5, 5.41) is 13.0. The van der Waals surface area contributed by atoms with Crippen LogP contribution in [0.2, 0.25) is 0 Å². The number of hydrogen-bond donors (Lipinski definition) is 1. The Morgan fingerprint density at radius 3 is 2.70 bits per heavy atom. The van der Waals surface area contributed by atoms with Crippen LogP contribution in [-0.4, -0.2) is 35.0 Å². The van der Waals surface area contributed by atoms with E-state index in [-0.39, 0.29) is 22.8 Å². The molecule has 106 valence electrons. The normalized spacial score (nSPS) is 11.4. The molecular formula is C13H14N2O4S. The van der Waals surface area contributed by atoms with Crippen molar-refractivity contribution in [1.82, 2.24) is 9.78 Å². The zero-order chi connectivity index (χ0) is 14.8. The summed E-state index contributed by atoms with van der Waals surface area (Å²) in [5.41, 5.74) is 0.774. The third-order valence-corrected chi connectivity index (χ3v) is 4.50. The smallest absolute Gasteiger partial charge is 0.335 e. The van der Waals surface area contributed by atoms with Gasteiger partial charge in [0.25, 0.3) is 0 Å². The summed E-state index contributed by atoms with van der Waals surface area (Å²) in [7, 11) is -3.53. The molecule has 0 atom stereocenters. The fourth-order valence-corrected chi connectivity index (χ4v) is 3.00. The van der Waals surface area contributed by atoms with Crippen LogP contribution in [0.25, 0.3) is 0 Å². The van der Waals surface area contributed by atoms with Gasteiger partial charge in [-0.15, -0.1) is 0 Å². The summed E-state index contributed by atoms with van der Waals surface area (Å²) >= 11 is 0. The summed E-state index contributed by atoms with van der Waals surface area (Å²) < 4.78 is 25.9. The van der Waals surface area contributed by atoms with E-state index in [1.165, 1.54) is 24.3 Å². The SMILES string of the molecule is Cc1ccn(CCS(=O)(=O)c2cccc(C(=O)O)c2)n1. The molecule has 2 rings (SSSR count). The Morgan fingerprint density at radius 2 is 2.10 bits per heavy atom. The number of rotatable bonds is 5. The van der Waals surface area contributed by atoms with E-state index in [2.05, 4.69) is 5.10 Å². The van der Waals surface area contributed by atoms with E-state index >= 15 is 0 Å². The largest absolute Gasteiger partial charge is 0.478 e. The maximum Gasteiger partial charge on any atom is 0.335 e. The summed E-state index contributed by atoms with van der Waals surface area (Å²) in [6.45, 7) is 2.05. The monoisotopic (exact) mass is 294 g/mol. The van der Waals surface area contributed by atoms with Gasteiger partial charge in [-0.25, -0.2) is 13.2 Å². The first-order valence-corrected chi connectivity index (χ1v) is 7.60. The van der Waals surface area contributed by atoms with Gasteiger partial charge >= 0.3 is 5.97 Å². The van der Waals surface area contributed by atoms with Crippen LogP contribution in [0.1, 0.15) is 16.1 Å². The van der Waals surface area contributed by atoms with Crippen molar-refractivity contribution in [3.05, 3.63) is 47.8 Å². The molecule has 2 aromatic rings. The van der Waals surface area contributed by atoms with Gasteiger partial charge in [-0.05, 0) is 31.2 Å². The van der Waals surface area contributed by atoms with Crippen LogP contribution in [-0.2, 0) is 16.4 Å². The lowest BCUT2D eigenvalue weighted by atomic mass is 10.2. The molecule has 1 N–H and O–H groups in total. The van der Waals surface area contributed by atoms with Gasteiger partial charge in [-0.1, -0.05) is 6.07 Å². The molecule has 0 aliphatic heterocycles. The number of carboxylic acid groups (broad SMARTS) is 1. The van der Waals surface area contributed by atoms with Gasteiger partial charge in [0, 0.05) is 6.20 Å². The second kappa shape index (κ2) is 5.46. The maximum atomic E-state index is 12.2. The van der Waals surface area contributed by atoms with Crippen LogP contribution in [0.4, 0.5) is 0 Å². The van der Waals surface area contributed by atoms with Crippen LogP contribution in [0.3, 0.4) is 0 Å². The van der Waals surface area contributed by atoms with Gasteiger partial charge in [0.2, 0.25) is 0 Å². The van der Waals surface area contributed by atoms with Crippen molar-refractivity contribution in [1.29, 1.82) is 0 Å². The summed E-state index contributed by atoms with van der Waals surface area (Å²) in [6, 6.07) is 7.15. The Labute approximate surface area is 116 Å². The molecule has 0 spiro atoms. The number of aromatic nitrogens is 2. The minimum Gasteiger partial charge on any atom is -0.478 e. The van der Waals surface area contributed by atoms with Gasteiger partial charge in [0.15, 0.2) is 9.84 Å². The Balaban J connectivity index is 2.17. The summed E-state index contributed by atoms with van der Waals surface area (Å²) in [6.07, 6.45) is 1.71. The standard InChI is InChI=1S/C13H14N2O4S/c1-10-5-6-15(14-10)7-8-20(18,19)12-4-2-3-11(9-12)13(16)17/h2-6,9H,7-8H2,1H3,(H,16,17). The first-order valence-electron chi connectivity index (χ1n) is 5.95. The quantitative estimate of drug-likeness (QED) is 0.899. The van der Waals surface area contributed by atoms with Gasteiger partial charge in [-0.3, -0.25) is 4.68 Å². The van der Waals surface area contributed by atoms with Crippen molar-refractivity contribution in [2.24, 2.45) is 0 Å². The van der Waals surface area contributed by atoms with Crippen LogP contribution < -0.4 is 0 Å². The topological polar surface area (TPSA) is 89.3 Å². The minimum absolute atomic E-state index is 0.0151. The Bertz CT molecular complexity index is 734. The number of hydrogen-bond acceptors (Lipinski definition) is 4. The van der Waals surface area contributed by atoms with E-state index in [1.54, 1.807) is 16.9 Å². The van der Waals surface area contributed by atoms with E-state index in [0.717, 1.165) is 5.69 Å². The Morgan fingerprint density at radius 1 is 1.35 bits per heavy atom. The van der Waals surface area contributed by atoms with Crippen LogP contribution in [0, 0.1) is 6.92 Å². The number of carboxylic acids is 1. The summed E-state index contributed by atoms with van der Waals surface area (Å²) in [5.74, 6) is -1.28. The summed E-state index contributed by atoms with van der Waals surface area (Å²) in [4.78, 5) is 10.9. The fourth-order valence-electron chi connectivity index (χ4n) is 1.74. The first-order chi connectivity index (χ1) is 9.38. The lowest BCUT2D eigenvalue weighted by Crippen LogP contribution is -2.14. The highest BCUT2D eigenvalue weighted by Crippen LogP contribution is 2.14. The Hall–Kier alpha value is -2.15. The fraction of sp³-hybridized carbons (Fsp3) is 0.231. The lowest BCUT2D eigenvalue weighted by molar-refractivity contribution is 0.0696. The number of aryl methyl sites for hydroxylation is 2. The van der Waals surface area contributed by atoms with Gasteiger partial charge < -0.3 is 5.11 Å². The highest BCUT2D eigenvalue weighted by atomic mass is 32.2. The zero-order valence-electron chi connectivity index (χ0n) is 10.9. The molecule has 0 bridgehead atoms. The number of sulfone groups is 1. The van der Waals surface area contributed by atoms with E-state index in [1.807, 2.05) is 6.92 Å². The molecule has 20 heavy (non-hydrogen) atoms. The van der Waals surface area contributed by atoms with E-state index in [9.17, 15) is 13.2 Å². The van der Waals surface area contributed by atoms with Crippen LogP contribution in [0.15, 0.2) is 41.4 Å². The molecule has 1 heterocycles. The second-order valence-corrected chi connectivity index (χ2v) is 6.48. The zero-order valence-corrected chi connectivity index (χ0v) is 11.7. The van der Waals surface area contributed by atoms with Crippen molar-refractivity contribution in [3.8, 4) is 0 Å². The van der Waals surface area contributed by atoms with Crippen molar-refractivity contribution >= 4 is 15.8 Å². The molecule has 0 saturated carbocycles. The molecule has 0 saturated heterocycles. The molecule has 7 heteroatoms. The number of nitrogens with zero attached hydrogens (tertiary/aromatic N) is 2. The highest BCUT2D eigenvalue weighted by molar-refractivity contribution is 7.91. The third kappa shape index (κ3) is 3.24. The van der Waals surface area contributed by atoms with E-state index < -0.39 is 15.8 Å². The maximum absolute atomic E-state index is 12.2. The van der Waals surface area contributed by atoms with Crippen LogP contribution in [0.5, 0.6) is 0 Å². The van der Waals surface area contributed by atoms with Crippen LogP contribution >= 0.6 is 0 Å². The molecule has 0 aliphatic rings. The molecule has 0 amide bonds. The predicted octanol–water partition coefficient (Wildman–Crippen LogP) is 1.36. The molecule has 0 radical (unpaired) electrons. The van der Waals surface area contributed by atoms with E-state index in [0.29, 0.717) is 0 Å². The van der Waals surface area contributed by atoms with Crippen molar-refractivity contribution in [2.75, 3.05) is 5.75 Å². The van der Waals surface area contributed by atoms with Crippen molar-refractivity contribution in [2.45, 2.75) is 18.4 Å². The van der Waals surface area contributed by atoms with Gasteiger partial charge in [-0.2, -0.15) is 5.10 Å². The van der Waals surface area contributed by atoms with Crippen molar-refractivity contribution < 1.29 is 18.3 Å². The number of benzene rings is 1. The van der Waals surface area contributed by atoms with Crippen molar-refractivity contribution in [3.63, 3.8) is 0 Å². The number of aromatic carboxylic acids is 1. The predicted molar refractivity (Wildman–Crippen MR) is 72.4 cm³/mol. The van der Waals surface area contributed by atoms with Gasteiger partial charge in [0.1, 0.15) is 0 Å². The second-order valence-electron chi connectivity index (χ2n) is 4.37. The molecular weight excluding hydrogens is 280 g/mol. The molecule has 0 fully saturated rings. The van der Waals surface area contributed by atoms with Gasteiger partial charge in [0.05, 0.1) is 28.5 Å². The average molecular weight is 294 g/mol.